The molecule has 1 aromatic heterocycles. The summed E-state index contributed by atoms with van der Waals surface area (Å²) in [5.41, 5.74) is 0.179. The normalized spacial score (nSPS) is 18.2. The van der Waals surface area contributed by atoms with E-state index in [0.717, 1.165) is 12.1 Å². The Hall–Kier alpha value is -2.21. The Bertz CT molecular complexity index is 679. The Kier molecular flexibility index (Phi) is 3.70. The Balaban J connectivity index is 1.77. The minimum absolute atomic E-state index is 0.00376. The van der Waals surface area contributed by atoms with E-state index in [0.29, 0.717) is 24.7 Å². The zero-order valence-corrected chi connectivity index (χ0v) is 12.6. The molecule has 0 saturated carbocycles. The molecule has 0 spiro atoms. The average Bonchev–Trinajstić information content (AvgIpc) is 2.94. The van der Waals surface area contributed by atoms with Gasteiger partial charge in [0.1, 0.15) is 5.82 Å². The van der Waals surface area contributed by atoms with E-state index in [4.69, 9.17) is 4.42 Å². The van der Waals surface area contributed by atoms with Gasteiger partial charge in [-0.25, -0.2) is 9.37 Å². The maximum Gasteiger partial charge on any atom is 0.240 e. The van der Waals surface area contributed by atoms with Crippen molar-refractivity contribution in [2.45, 2.75) is 25.9 Å². The molecule has 1 saturated heterocycles. The minimum atomic E-state index is -0.594. The number of rotatable bonds is 3. The molecule has 1 aliphatic rings. The molecule has 1 aromatic carbocycles. The number of hydrogen-bond acceptors (Lipinski definition) is 4. The Morgan fingerprint density at radius 3 is 2.82 bits per heavy atom. The molecule has 2 heterocycles. The summed E-state index contributed by atoms with van der Waals surface area (Å²) in [6, 6.07) is 6.07. The lowest BCUT2D eigenvalue weighted by Crippen LogP contribution is -2.61. The third-order valence-electron chi connectivity index (χ3n) is 4.02. The monoisotopic (exact) mass is 303 g/mol. The molecule has 0 aliphatic carbocycles. The van der Waals surface area contributed by atoms with E-state index in [-0.39, 0.29) is 11.7 Å². The zero-order valence-electron chi connectivity index (χ0n) is 12.6. The Morgan fingerprint density at radius 2 is 2.09 bits per heavy atom. The number of benzene rings is 1. The second-order valence-electron chi connectivity index (χ2n) is 5.86. The van der Waals surface area contributed by atoms with Gasteiger partial charge in [0, 0.05) is 18.7 Å². The van der Waals surface area contributed by atoms with Crippen molar-refractivity contribution in [3.05, 3.63) is 42.2 Å². The number of oxazole rings is 1. The summed E-state index contributed by atoms with van der Waals surface area (Å²) in [6.07, 6.45) is 1.62. The molecule has 0 unspecified atom stereocenters. The van der Waals surface area contributed by atoms with Gasteiger partial charge in [-0.2, -0.15) is 0 Å². The van der Waals surface area contributed by atoms with E-state index in [1.165, 1.54) is 12.1 Å². The van der Waals surface area contributed by atoms with Crippen LogP contribution in [0.5, 0.6) is 0 Å². The fraction of sp³-hybridized carbons (Fsp3) is 0.375. The first kappa shape index (κ1) is 14.7. The second-order valence-corrected chi connectivity index (χ2v) is 5.86. The summed E-state index contributed by atoms with van der Waals surface area (Å²) in [6.45, 7) is 5.58. The number of carbonyl (C=O) groups excluding carboxylic acids is 1. The lowest BCUT2D eigenvalue weighted by Gasteiger charge is -2.40. The molecule has 6 heteroatoms. The molecule has 5 nitrogen and oxygen atoms in total. The van der Waals surface area contributed by atoms with E-state index in [9.17, 15) is 9.18 Å². The van der Waals surface area contributed by atoms with Crippen molar-refractivity contribution in [1.29, 1.82) is 0 Å². The zero-order chi connectivity index (χ0) is 15.7. The van der Waals surface area contributed by atoms with Crippen LogP contribution in [0.4, 0.5) is 4.39 Å². The predicted molar refractivity (Wildman–Crippen MR) is 79.4 cm³/mol. The summed E-state index contributed by atoms with van der Waals surface area (Å²) >= 11 is 0. The van der Waals surface area contributed by atoms with Crippen molar-refractivity contribution in [2.75, 3.05) is 13.1 Å². The highest BCUT2D eigenvalue weighted by atomic mass is 19.1. The van der Waals surface area contributed by atoms with Crippen LogP contribution in [-0.4, -0.2) is 34.4 Å². The van der Waals surface area contributed by atoms with E-state index in [1.807, 2.05) is 18.7 Å². The number of halogens is 1. The van der Waals surface area contributed by atoms with E-state index in [2.05, 4.69) is 10.3 Å². The summed E-state index contributed by atoms with van der Waals surface area (Å²) in [4.78, 5) is 18.2. The van der Waals surface area contributed by atoms with Crippen LogP contribution in [0.3, 0.4) is 0 Å². The van der Waals surface area contributed by atoms with Crippen molar-refractivity contribution in [3.8, 4) is 11.3 Å². The highest BCUT2D eigenvalue weighted by Crippen LogP contribution is 2.24. The molecule has 1 aliphatic heterocycles. The highest BCUT2D eigenvalue weighted by Gasteiger charge is 2.38. The maximum atomic E-state index is 12.9. The lowest BCUT2D eigenvalue weighted by atomic mass is 9.99. The number of piperazine rings is 1. The molecule has 1 N–H and O–H groups in total. The maximum absolute atomic E-state index is 12.9. The van der Waals surface area contributed by atoms with Gasteiger partial charge in [-0.15, -0.1) is 0 Å². The molecule has 0 bridgehead atoms. The van der Waals surface area contributed by atoms with Crippen LogP contribution in [-0.2, 0) is 11.3 Å². The van der Waals surface area contributed by atoms with Crippen molar-refractivity contribution >= 4 is 5.91 Å². The largest absolute Gasteiger partial charge is 0.439 e. The van der Waals surface area contributed by atoms with Gasteiger partial charge in [0.2, 0.25) is 11.8 Å². The first-order chi connectivity index (χ1) is 10.5. The van der Waals surface area contributed by atoms with Crippen molar-refractivity contribution in [2.24, 2.45) is 0 Å². The molecule has 22 heavy (non-hydrogen) atoms. The van der Waals surface area contributed by atoms with Gasteiger partial charge in [0.15, 0.2) is 5.76 Å². The topological polar surface area (TPSA) is 58.4 Å². The van der Waals surface area contributed by atoms with Gasteiger partial charge < -0.3 is 9.73 Å². The molecule has 0 atom stereocenters. The number of nitrogens with zero attached hydrogens (tertiary/aromatic N) is 2. The fourth-order valence-corrected chi connectivity index (χ4v) is 2.51. The smallest absolute Gasteiger partial charge is 0.240 e. The fourth-order valence-electron chi connectivity index (χ4n) is 2.51. The van der Waals surface area contributed by atoms with Crippen LogP contribution in [0.1, 0.15) is 19.7 Å². The molecule has 0 radical (unpaired) electrons. The van der Waals surface area contributed by atoms with Crippen molar-refractivity contribution in [1.82, 2.24) is 15.2 Å². The summed E-state index contributed by atoms with van der Waals surface area (Å²) < 4.78 is 18.7. The molecule has 116 valence electrons. The van der Waals surface area contributed by atoms with Crippen LogP contribution < -0.4 is 5.32 Å². The van der Waals surface area contributed by atoms with Crippen LogP contribution >= 0.6 is 0 Å². The van der Waals surface area contributed by atoms with E-state index >= 15 is 0 Å². The lowest BCUT2D eigenvalue weighted by molar-refractivity contribution is -0.135. The van der Waals surface area contributed by atoms with Crippen LogP contribution in [0.25, 0.3) is 11.3 Å². The molecular weight excluding hydrogens is 285 g/mol. The van der Waals surface area contributed by atoms with Gasteiger partial charge in [0.05, 0.1) is 18.3 Å². The van der Waals surface area contributed by atoms with E-state index < -0.39 is 5.54 Å². The summed E-state index contributed by atoms with van der Waals surface area (Å²) in [7, 11) is 0. The summed E-state index contributed by atoms with van der Waals surface area (Å²) in [5, 5.41) is 2.86. The molecule has 3 rings (SSSR count). The molecular formula is C16H18FN3O2. The Labute approximate surface area is 128 Å². The second kappa shape index (κ2) is 5.53. The van der Waals surface area contributed by atoms with Gasteiger partial charge in [-0.3, -0.25) is 9.69 Å². The SMILES string of the molecule is CC1(C)C(=O)NCCN1Cc1ncc(-c2ccc(F)cc2)o1. The van der Waals surface area contributed by atoms with Crippen LogP contribution in [0, 0.1) is 5.82 Å². The number of carbonyl (C=O) groups is 1. The third kappa shape index (κ3) is 2.74. The predicted octanol–water partition coefficient (Wildman–Crippen LogP) is 2.19. The van der Waals surface area contributed by atoms with Crippen LogP contribution in [0.15, 0.2) is 34.9 Å². The van der Waals surface area contributed by atoms with Crippen molar-refractivity contribution < 1.29 is 13.6 Å². The van der Waals surface area contributed by atoms with Crippen molar-refractivity contribution in [3.63, 3.8) is 0 Å². The standard InChI is InChI=1S/C16H18FN3O2/c1-16(2)15(21)18-7-8-20(16)10-14-19-9-13(22-14)11-3-5-12(17)6-4-11/h3-6,9H,7-8,10H2,1-2H3,(H,18,21). The summed E-state index contributed by atoms with van der Waals surface area (Å²) in [5.74, 6) is 0.852. The quantitative estimate of drug-likeness (QED) is 0.944. The Morgan fingerprint density at radius 1 is 1.36 bits per heavy atom. The molecule has 2 aromatic rings. The minimum Gasteiger partial charge on any atom is -0.439 e. The number of nitrogens with one attached hydrogen (secondary N) is 1. The van der Waals surface area contributed by atoms with E-state index in [1.54, 1.807) is 18.3 Å². The number of aromatic nitrogens is 1. The van der Waals surface area contributed by atoms with Gasteiger partial charge in [0.25, 0.3) is 0 Å². The third-order valence-corrected chi connectivity index (χ3v) is 4.02. The average molecular weight is 303 g/mol. The van der Waals surface area contributed by atoms with Crippen LogP contribution in [0.2, 0.25) is 0 Å². The van der Waals surface area contributed by atoms with Gasteiger partial charge >= 0.3 is 0 Å². The molecule has 1 amide bonds. The highest BCUT2D eigenvalue weighted by molar-refractivity contribution is 5.86. The first-order valence-corrected chi connectivity index (χ1v) is 7.21. The number of hydrogen-bond donors (Lipinski definition) is 1. The molecule has 1 fully saturated rings. The van der Waals surface area contributed by atoms with Gasteiger partial charge in [-0.05, 0) is 38.1 Å². The first-order valence-electron chi connectivity index (χ1n) is 7.21. The number of amides is 1. The van der Waals surface area contributed by atoms with Gasteiger partial charge in [-0.1, -0.05) is 0 Å².